The number of carbonyl (C=O) groups is 2. The number of rotatable bonds is 6. The number of para-hydroxylation sites is 1. The molecule has 148 valence electrons. The third-order valence-electron chi connectivity index (χ3n) is 4.18. The zero-order valence-corrected chi connectivity index (χ0v) is 15.9. The first-order valence-corrected chi connectivity index (χ1v) is 8.71. The molecule has 0 radical (unpaired) electrons. The lowest BCUT2D eigenvalue weighted by Gasteiger charge is -2.13. The normalized spacial score (nSPS) is 10.2. The standard InChI is InChI=1S/C22H19FN2O4/c1-28-19-12-11-14(13-20(19)29-2)24-22(27)16-8-4-6-10-18(16)25-21(26)15-7-3-5-9-17(15)23/h3-13H,1-2H3,(H,24,27)(H,25,26). The quantitative estimate of drug-likeness (QED) is 0.652. The van der Waals surface area contributed by atoms with E-state index in [1.807, 2.05) is 0 Å². The maximum atomic E-state index is 13.9. The summed E-state index contributed by atoms with van der Waals surface area (Å²) in [6.07, 6.45) is 0. The Morgan fingerprint density at radius 1 is 0.759 bits per heavy atom. The van der Waals surface area contributed by atoms with E-state index in [0.717, 1.165) is 0 Å². The van der Waals surface area contributed by atoms with Gasteiger partial charge in [-0.05, 0) is 36.4 Å². The molecule has 2 amide bonds. The molecule has 0 aliphatic rings. The fourth-order valence-electron chi connectivity index (χ4n) is 2.74. The number of benzene rings is 3. The number of amides is 2. The number of ether oxygens (including phenoxy) is 2. The van der Waals surface area contributed by atoms with Crippen molar-refractivity contribution in [2.24, 2.45) is 0 Å². The van der Waals surface area contributed by atoms with Gasteiger partial charge in [-0.25, -0.2) is 4.39 Å². The Kier molecular flexibility index (Phi) is 6.09. The van der Waals surface area contributed by atoms with Crippen LogP contribution in [0.3, 0.4) is 0 Å². The van der Waals surface area contributed by atoms with Gasteiger partial charge in [-0.3, -0.25) is 9.59 Å². The maximum Gasteiger partial charge on any atom is 0.258 e. The van der Waals surface area contributed by atoms with Gasteiger partial charge >= 0.3 is 0 Å². The van der Waals surface area contributed by atoms with Crippen LogP contribution >= 0.6 is 0 Å². The molecular weight excluding hydrogens is 375 g/mol. The fraction of sp³-hybridized carbons (Fsp3) is 0.0909. The Balaban J connectivity index is 1.82. The average Bonchev–Trinajstić information content (AvgIpc) is 2.74. The Bertz CT molecular complexity index is 1050. The molecule has 0 unspecified atom stereocenters. The molecule has 3 aromatic carbocycles. The van der Waals surface area contributed by atoms with Crippen molar-refractivity contribution in [2.45, 2.75) is 0 Å². The first-order valence-electron chi connectivity index (χ1n) is 8.71. The van der Waals surface area contributed by atoms with Gasteiger partial charge in [-0.1, -0.05) is 24.3 Å². The third kappa shape index (κ3) is 4.52. The van der Waals surface area contributed by atoms with Crippen LogP contribution in [0.1, 0.15) is 20.7 Å². The summed E-state index contributed by atoms with van der Waals surface area (Å²) < 4.78 is 24.3. The monoisotopic (exact) mass is 394 g/mol. The van der Waals surface area contributed by atoms with Crippen LogP contribution in [-0.2, 0) is 0 Å². The molecule has 0 aliphatic heterocycles. The molecule has 2 N–H and O–H groups in total. The van der Waals surface area contributed by atoms with Crippen LogP contribution in [0.5, 0.6) is 11.5 Å². The minimum absolute atomic E-state index is 0.109. The van der Waals surface area contributed by atoms with Gasteiger partial charge in [0, 0.05) is 11.8 Å². The predicted octanol–water partition coefficient (Wildman–Crippen LogP) is 4.35. The van der Waals surface area contributed by atoms with E-state index < -0.39 is 17.6 Å². The number of hydrogen-bond donors (Lipinski definition) is 2. The molecule has 6 nitrogen and oxygen atoms in total. The molecule has 0 spiro atoms. The van der Waals surface area contributed by atoms with E-state index in [2.05, 4.69) is 10.6 Å². The molecule has 0 aromatic heterocycles. The summed E-state index contributed by atoms with van der Waals surface area (Å²) in [5, 5.41) is 5.34. The fourth-order valence-corrected chi connectivity index (χ4v) is 2.74. The largest absolute Gasteiger partial charge is 0.493 e. The second kappa shape index (κ2) is 8.88. The van der Waals surface area contributed by atoms with Crippen molar-refractivity contribution in [3.05, 3.63) is 83.7 Å². The summed E-state index contributed by atoms with van der Waals surface area (Å²) in [5.41, 5.74) is 0.871. The summed E-state index contributed by atoms with van der Waals surface area (Å²) in [6, 6.07) is 17.1. The van der Waals surface area contributed by atoms with Crippen molar-refractivity contribution >= 4 is 23.2 Å². The summed E-state index contributed by atoms with van der Waals surface area (Å²) >= 11 is 0. The minimum Gasteiger partial charge on any atom is -0.493 e. The van der Waals surface area contributed by atoms with Gasteiger partial charge in [0.2, 0.25) is 0 Å². The highest BCUT2D eigenvalue weighted by molar-refractivity contribution is 6.12. The molecule has 0 fully saturated rings. The molecule has 0 heterocycles. The lowest BCUT2D eigenvalue weighted by molar-refractivity contribution is 0.102. The van der Waals surface area contributed by atoms with Gasteiger partial charge in [0.25, 0.3) is 11.8 Å². The van der Waals surface area contributed by atoms with Crippen LogP contribution < -0.4 is 20.1 Å². The van der Waals surface area contributed by atoms with E-state index in [4.69, 9.17) is 9.47 Å². The Morgan fingerprint density at radius 3 is 2.07 bits per heavy atom. The van der Waals surface area contributed by atoms with Crippen molar-refractivity contribution in [3.8, 4) is 11.5 Å². The van der Waals surface area contributed by atoms with E-state index >= 15 is 0 Å². The van der Waals surface area contributed by atoms with Gasteiger partial charge in [-0.15, -0.1) is 0 Å². The molecule has 3 aromatic rings. The predicted molar refractivity (Wildman–Crippen MR) is 108 cm³/mol. The molecule has 0 saturated carbocycles. The summed E-state index contributed by atoms with van der Waals surface area (Å²) in [7, 11) is 3.02. The van der Waals surface area contributed by atoms with Crippen molar-refractivity contribution in [3.63, 3.8) is 0 Å². The Hall–Kier alpha value is -3.87. The second-order valence-corrected chi connectivity index (χ2v) is 6.00. The van der Waals surface area contributed by atoms with Gasteiger partial charge in [-0.2, -0.15) is 0 Å². The number of nitrogens with one attached hydrogen (secondary N) is 2. The highest BCUT2D eigenvalue weighted by Gasteiger charge is 2.17. The first kappa shape index (κ1) is 19.9. The van der Waals surface area contributed by atoms with Crippen LogP contribution in [0.15, 0.2) is 66.7 Å². The number of methoxy groups -OCH3 is 2. The highest BCUT2D eigenvalue weighted by atomic mass is 19.1. The van der Waals surface area contributed by atoms with Crippen molar-refractivity contribution in [2.75, 3.05) is 24.9 Å². The molecule has 7 heteroatoms. The maximum absolute atomic E-state index is 13.9. The number of hydrogen-bond acceptors (Lipinski definition) is 4. The van der Waals surface area contributed by atoms with Crippen LogP contribution in [0, 0.1) is 5.82 Å². The minimum atomic E-state index is -0.644. The molecule has 0 saturated heterocycles. The molecule has 0 aliphatic carbocycles. The zero-order chi connectivity index (χ0) is 20.8. The van der Waals surface area contributed by atoms with Crippen LogP contribution in [0.25, 0.3) is 0 Å². The number of anilines is 2. The van der Waals surface area contributed by atoms with E-state index in [-0.39, 0.29) is 16.8 Å². The third-order valence-corrected chi connectivity index (χ3v) is 4.18. The van der Waals surface area contributed by atoms with E-state index in [1.165, 1.54) is 32.4 Å². The van der Waals surface area contributed by atoms with Crippen LogP contribution in [0.4, 0.5) is 15.8 Å². The van der Waals surface area contributed by atoms with Crippen molar-refractivity contribution in [1.29, 1.82) is 0 Å². The van der Waals surface area contributed by atoms with Crippen molar-refractivity contribution in [1.82, 2.24) is 0 Å². The van der Waals surface area contributed by atoms with E-state index in [9.17, 15) is 14.0 Å². The van der Waals surface area contributed by atoms with Gasteiger partial charge < -0.3 is 20.1 Å². The summed E-state index contributed by atoms with van der Waals surface area (Å²) in [5.74, 6) is -0.733. The highest BCUT2D eigenvalue weighted by Crippen LogP contribution is 2.30. The van der Waals surface area contributed by atoms with Crippen LogP contribution in [0.2, 0.25) is 0 Å². The molecule has 0 atom stereocenters. The number of carbonyl (C=O) groups excluding carboxylic acids is 2. The summed E-state index contributed by atoms with van der Waals surface area (Å²) in [6.45, 7) is 0. The Labute approximate surface area is 167 Å². The van der Waals surface area contributed by atoms with Crippen molar-refractivity contribution < 1.29 is 23.5 Å². The second-order valence-electron chi connectivity index (χ2n) is 6.00. The van der Waals surface area contributed by atoms with E-state index in [1.54, 1.807) is 48.5 Å². The molecule has 0 bridgehead atoms. The Morgan fingerprint density at radius 2 is 1.38 bits per heavy atom. The summed E-state index contributed by atoms with van der Waals surface area (Å²) in [4.78, 5) is 25.2. The van der Waals surface area contributed by atoms with Gasteiger partial charge in [0.15, 0.2) is 11.5 Å². The SMILES string of the molecule is COc1ccc(NC(=O)c2ccccc2NC(=O)c2ccccc2F)cc1OC. The number of halogens is 1. The molecule has 29 heavy (non-hydrogen) atoms. The van der Waals surface area contributed by atoms with Gasteiger partial charge in [0.05, 0.1) is 31.0 Å². The van der Waals surface area contributed by atoms with E-state index in [0.29, 0.717) is 17.2 Å². The lowest BCUT2D eigenvalue weighted by Crippen LogP contribution is -2.19. The smallest absolute Gasteiger partial charge is 0.258 e. The molecular formula is C22H19FN2O4. The topological polar surface area (TPSA) is 76.7 Å². The van der Waals surface area contributed by atoms with Gasteiger partial charge in [0.1, 0.15) is 5.82 Å². The average molecular weight is 394 g/mol. The zero-order valence-electron chi connectivity index (χ0n) is 15.9. The lowest BCUT2D eigenvalue weighted by atomic mass is 10.1. The van der Waals surface area contributed by atoms with Crippen LogP contribution in [-0.4, -0.2) is 26.0 Å². The molecule has 3 rings (SSSR count). The first-order chi connectivity index (χ1) is 14.0.